The molecule has 1 aliphatic heterocycles. The fraction of sp³-hybridized carbons (Fsp3) is 0.342. The number of unbranched alkanes of at least 4 members (excludes halogenated alkanes) is 3. The Balaban J connectivity index is 1.24. The highest BCUT2D eigenvalue weighted by molar-refractivity contribution is 7.99. The van der Waals surface area contributed by atoms with Crippen LogP contribution >= 0.6 is 11.8 Å². The van der Waals surface area contributed by atoms with Crippen molar-refractivity contribution in [1.29, 1.82) is 0 Å². The summed E-state index contributed by atoms with van der Waals surface area (Å²) in [5.74, 6) is -0.219. The maximum Gasteiger partial charge on any atom is 0.303 e. The van der Waals surface area contributed by atoms with E-state index in [1.54, 1.807) is 12.1 Å². The van der Waals surface area contributed by atoms with Crippen LogP contribution in [0.25, 0.3) is 11.1 Å². The number of thioether (sulfide) groups is 1. The molecule has 1 aromatic heterocycles. The van der Waals surface area contributed by atoms with E-state index in [1.165, 1.54) is 18.0 Å². The minimum Gasteiger partial charge on any atom is -0.618 e. The van der Waals surface area contributed by atoms with Gasteiger partial charge in [-0.15, -0.1) is 0 Å². The number of aromatic nitrogens is 1. The number of hydrogen-bond donors (Lipinski definition) is 3. The molecule has 3 atom stereocenters. The van der Waals surface area contributed by atoms with Gasteiger partial charge in [-0.3, -0.25) is 9.59 Å². The molecule has 252 valence electrons. The largest absolute Gasteiger partial charge is 0.618 e. The zero-order valence-electron chi connectivity index (χ0n) is 26.8. The number of carbonyl (C=O) groups excluding carboxylic acids is 1. The normalized spacial score (nSPS) is 17.6. The molecule has 1 fully saturated rings. The van der Waals surface area contributed by atoms with Crippen molar-refractivity contribution in [3.63, 3.8) is 0 Å². The molecule has 0 aliphatic carbocycles. The van der Waals surface area contributed by atoms with Crippen molar-refractivity contribution in [2.24, 2.45) is 0 Å². The van der Waals surface area contributed by atoms with Crippen molar-refractivity contribution in [2.45, 2.75) is 81.6 Å². The van der Waals surface area contributed by atoms with Gasteiger partial charge in [0, 0.05) is 49.3 Å². The lowest BCUT2D eigenvalue weighted by Crippen LogP contribution is -2.32. The van der Waals surface area contributed by atoms with Crippen LogP contribution in [-0.2, 0) is 32.2 Å². The topological polar surface area (TPSA) is 132 Å². The molecule has 3 aromatic carbocycles. The van der Waals surface area contributed by atoms with E-state index in [-0.39, 0.29) is 31.1 Å². The van der Waals surface area contributed by atoms with Crippen LogP contribution in [0.4, 0.5) is 0 Å². The van der Waals surface area contributed by atoms with Crippen molar-refractivity contribution in [1.82, 2.24) is 5.32 Å². The molecular formula is C38H42N2O7S. The predicted octanol–water partition coefficient (Wildman–Crippen LogP) is 6.86. The van der Waals surface area contributed by atoms with E-state index in [0.29, 0.717) is 36.6 Å². The lowest BCUT2D eigenvalue weighted by Gasteiger charge is -2.36. The number of aliphatic hydroxyl groups is 1. The third-order valence-corrected chi connectivity index (χ3v) is 9.42. The van der Waals surface area contributed by atoms with Crippen LogP contribution in [-0.4, -0.2) is 33.9 Å². The Hall–Kier alpha value is -4.22. The van der Waals surface area contributed by atoms with Crippen molar-refractivity contribution in [2.75, 3.05) is 5.75 Å². The smallest absolute Gasteiger partial charge is 0.303 e. The molecule has 10 heteroatoms. The summed E-state index contributed by atoms with van der Waals surface area (Å²) in [6.45, 7) is 0.391. The SMILES string of the molecule is O=C(O)CCCCCCC(=O)NCc1cccc(-c2cccc([C@@H]3O[C@H](CSc4cccc[n+]4[O-])C[C@H](c4ccc(CO)cc4)O3)c2)c1. The molecule has 0 unspecified atom stereocenters. The molecular weight excluding hydrogens is 628 g/mol. The Morgan fingerprint density at radius 3 is 2.33 bits per heavy atom. The number of aliphatic carboxylic acids is 1. The number of benzene rings is 3. The minimum atomic E-state index is -0.782. The molecule has 3 N–H and O–H groups in total. The van der Waals surface area contributed by atoms with Gasteiger partial charge < -0.3 is 30.2 Å². The standard InChI is InChI=1S/C38H42N2O7S/c41-25-27-16-18-29(19-17-27)34-23-33(26-48-36-14-5-6-20-40(36)45)46-38(47-34)32-12-8-11-31(22-32)30-10-7-9-28(21-30)24-39-35(42)13-3-1-2-4-15-37(43)44/h5-12,14,16-22,33-34,38,41H,1-4,13,15,23-26H2,(H,39,42)(H,43,44)/t33-,34+,38+/m0/s1. The molecule has 48 heavy (non-hydrogen) atoms. The quantitative estimate of drug-likeness (QED) is 0.0510. The fourth-order valence-corrected chi connectivity index (χ4v) is 6.59. The zero-order chi connectivity index (χ0) is 33.7. The lowest BCUT2D eigenvalue weighted by molar-refractivity contribution is -0.645. The highest BCUT2D eigenvalue weighted by Crippen LogP contribution is 2.40. The van der Waals surface area contributed by atoms with Crippen LogP contribution < -0.4 is 10.0 Å². The van der Waals surface area contributed by atoms with Gasteiger partial charge in [0.2, 0.25) is 5.91 Å². The van der Waals surface area contributed by atoms with Gasteiger partial charge in [0.1, 0.15) is 0 Å². The number of pyridine rings is 1. The number of nitrogens with zero attached hydrogens (tertiary/aromatic N) is 1. The maximum atomic E-state index is 12.4. The van der Waals surface area contributed by atoms with Crippen LogP contribution in [0.1, 0.15) is 79.6 Å². The van der Waals surface area contributed by atoms with E-state index in [9.17, 15) is 19.9 Å². The van der Waals surface area contributed by atoms with Gasteiger partial charge in [-0.25, -0.2) is 0 Å². The number of nitrogens with one attached hydrogen (secondary N) is 1. The summed E-state index contributed by atoms with van der Waals surface area (Å²) in [5, 5.41) is 34.1. The Kier molecular flexibility index (Phi) is 13.0. The van der Waals surface area contributed by atoms with E-state index in [1.807, 2.05) is 66.7 Å². The third-order valence-electron chi connectivity index (χ3n) is 8.27. The molecule has 0 saturated carbocycles. The monoisotopic (exact) mass is 670 g/mol. The molecule has 9 nitrogen and oxygen atoms in total. The van der Waals surface area contributed by atoms with E-state index in [4.69, 9.17) is 14.6 Å². The van der Waals surface area contributed by atoms with Gasteiger partial charge in [0.05, 0.1) is 18.8 Å². The first kappa shape index (κ1) is 35.1. The second-order valence-corrected chi connectivity index (χ2v) is 13.0. The van der Waals surface area contributed by atoms with Gasteiger partial charge in [0.25, 0.3) is 5.03 Å². The molecule has 0 spiro atoms. The zero-order valence-corrected chi connectivity index (χ0v) is 27.6. The summed E-state index contributed by atoms with van der Waals surface area (Å²) in [6, 6.07) is 29.3. The van der Waals surface area contributed by atoms with Crippen LogP contribution in [0.3, 0.4) is 0 Å². The van der Waals surface area contributed by atoms with Gasteiger partial charge in [-0.1, -0.05) is 85.3 Å². The van der Waals surface area contributed by atoms with Gasteiger partial charge in [-0.2, -0.15) is 4.73 Å². The maximum absolute atomic E-state index is 12.4. The summed E-state index contributed by atoms with van der Waals surface area (Å²) < 4.78 is 13.9. The number of rotatable bonds is 16. The van der Waals surface area contributed by atoms with Crippen LogP contribution in [0.15, 0.2) is 102 Å². The van der Waals surface area contributed by atoms with Crippen molar-refractivity contribution < 1.29 is 34.0 Å². The van der Waals surface area contributed by atoms with Crippen LogP contribution in [0.5, 0.6) is 0 Å². The molecule has 4 aromatic rings. The van der Waals surface area contributed by atoms with E-state index in [2.05, 4.69) is 17.4 Å². The van der Waals surface area contributed by atoms with Crippen molar-refractivity contribution in [3.8, 4) is 11.1 Å². The Morgan fingerprint density at radius 1 is 0.833 bits per heavy atom. The second kappa shape index (κ2) is 17.8. The van der Waals surface area contributed by atoms with Gasteiger partial charge in [-0.05, 0) is 58.9 Å². The Morgan fingerprint density at radius 2 is 1.58 bits per heavy atom. The summed E-state index contributed by atoms with van der Waals surface area (Å²) in [4.78, 5) is 23.0. The van der Waals surface area contributed by atoms with E-state index in [0.717, 1.165) is 57.4 Å². The number of carboxylic acids is 1. The first-order valence-corrected chi connectivity index (χ1v) is 17.4. The molecule has 5 rings (SSSR count). The Bertz CT molecular complexity index is 1650. The third kappa shape index (κ3) is 10.4. The first-order chi connectivity index (χ1) is 23.4. The van der Waals surface area contributed by atoms with Crippen molar-refractivity contribution in [3.05, 3.63) is 125 Å². The number of ether oxygens (including phenoxy) is 2. The molecule has 1 aliphatic rings. The van der Waals surface area contributed by atoms with Crippen molar-refractivity contribution >= 4 is 23.6 Å². The summed E-state index contributed by atoms with van der Waals surface area (Å²) >= 11 is 1.46. The second-order valence-electron chi connectivity index (χ2n) is 11.9. The summed E-state index contributed by atoms with van der Waals surface area (Å²) in [6.07, 6.45) is 4.67. The first-order valence-electron chi connectivity index (χ1n) is 16.4. The number of hydrogen-bond acceptors (Lipinski definition) is 7. The molecule has 0 radical (unpaired) electrons. The van der Waals surface area contributed by atoms with E-state index >= 15 is 0 Å². The van der Waals surface area contributed by atoms with E-state index < -0.39 is 12.3 Å². The lowest BCUT2D eigenvalue weighted by atomic mass is 9.99. The predicted molar refractivity (Wildman–Crippen MR) is 184 cm³/mol. The van der Waals surface area contributed by atoms with Crippen LogP contribution in [0, 0.1) is 5.21 Å². The molecule has 1 saturated heterocycles. The molecule has 0 bridgehead atoms. The Labute approximate surface area is 285 Å². The summed E-state index contributed by atoms with van der Waals surface area (Å²) in [7, 11) is 0. The van der Waals surface area contributed by atoms with Gasteiger partial charge in [0.15, 0.2) is 12.5 Å². The van der Waals surface area contributed by atoms with Gasteiger partial charge >= 0.3 is 5.97 Å². The number of carbonyl (C=O) groups is 2. The fourth-order valence-electron chi connectivity index (χ4n) is 5.66. The van der Waals surface area contributed by atoms with Crippen LogP contribution in [0.2, 0.25) is 0 Å². The molecule has 2 heterocycles. The highest BCUT2D eigenvalue weighted by atomic mass is 32.2. The number of aliphatic hydroxyl groups excluding tert-OH is 1. The minimum absolute atomic E-state index is 0.0159. The highest BCUT2D eigenvalue weighted by Gasteiger charge is 2.33. The summed E-state index contributed by atoms with van der Waals surface area (Å²) in [5.41, 5.74) is 5.69. The molecule has 1 amide bonds. The number of amides is 1. The average molecular weight is 671 g/mol. The number of carboxylic acid groups (broad SMARTS) is 1. The average Bonchev–Trinajstić information content (AvgIpc) is 3.12.